The molecule has 3 heteroatoms. The lowest BCUT2D eigenvalue weighted by atomic mass is 9.90. The van der Waals surface area contributed by atoms with Gasteiger partial charge in [-0.05, 0) is 49.6 Å². The molecular formula is C14H18FNO. The Bertz CT molecular complexity index is 411. The molecule has 1 aromatic rings. The van der Waals surface area contributed by atoms with Crippen LogP contribution < -0.4 is 5.32 Å². The van der Waals surface area contributed by atoms with Gasteiger partial charge in [0.2, 0.25) is 0 Å². The van der Waals surface area contributed by atoms with Gasteiger partial charge in [0.05, 0.1) is 0 Å². The van der Waals surface area contributed by atoms with Crippen molar-refractivity contribution in [2.24, 2.45) is 5.92 Å². The smallest absolute Gasteiger partial charge is 0.141 e. The predicted molar refractivity (Wildman–Crippen MR) is 65.4 cm³/mol. The number of aryl methyl sites for hydroxylation is 1. The molecule has 17 heavy (non-hydrogen) atoms. The molecule has 1 aliphatic heterocycles. The standard InChI is InChI=1S/C14H18FNO/c1-10-4-5-13(15)7-12(10)8-14(17)11-3-2-6-16-9-11/h4-5,7,11,16H,2-3,6,8-9H2,1H3. The molecule has 1 aromatic carbocycles. The number of piperidine rings is 1. The zero-order valence-corrected chi connectivity index (χ0v) is 10.1. The van der Waals surface area contributed by atoms with Crippen molar-refractivity contribution in [1.29, 1.82) is 0 Å². The minimum Gasteiger partial charge on any atom is -0.316 e. The number of benzene rings is 1. The summed E-state index contributed by atoms with van der Waals surface area (Å²) in [7, 11) is 0. The Morgan fingerprint density at radius 3 is 3.06 bits per heavy atom. The molecule has 1 saturated heterocycles. The van der Waals surface area contributed by atoms with Crippen molar-refractivity contribution in [3.63, 3.8) is 0 Å². The van der Waals surface area contributed by atoms with Crippen LogP contribution in [0.5, 0.6) is 0 Å². The second-order valence-electron chi connectivity index (χ2n) is 4.76. The highest BCUT2D eigenvalue weighted by atomic mass is 19.1. The third-order valence-corrected chi connectivity index (χ3v) is 3.43. The summed E-state index contributed by atoms with van der Waals surface area (Å²) >= 11 is 0. The zero-order chi connectivity index (χ0) is 12.3. The fourth-order valence-corrected chi connectivity index (χ4v) is 2.29. The maximum absolute atomic E-state index is 13.1. The number of Topliss-reactive ketones (excluding diaryl/α,β-unsaturated/α-hetero) is 1. The molecule has 1 aliphatic rings. The first kappa shape index (κ1) is 12.2. The number of carbonyl (C=O) groups excluding carboxylic acids is 1. The summed E-state index contributed by atoms with van der Waals surface area (Å²) in [6, 6.07) is 4.64. The quantitative estimate of drug-likeness (QED) is 0.870. The number of nitrogens with one attached hydrogen (secondary N) is 1. The fourth-order valence-electron chi connectivity index (χ4n) is 2.29. The fraction of sp³-hybridized carbons (Fsp3) is 0.500. The number of hydrogen-bond acceptors (Lipinski definition) is 2. The van der Waals surface area contributed by atoms with Crippen LogP contribution in [0, 0.1) is 18.7 Å². The molecule has 1 N–H and O–H groups in total. The number of rotatable bonds is 3. The molecule has 0 aromatic heterocycles. The third kappa shape index (κ3) is 3.13. The van der Waals surface area contributed by atoms with Crippen LogP contribution in [0.25, 0.3) is 0 Å². The molecule has 1 heterocycles. The van der Waals surface area contributed by atoms with Crippen LogP contribution in [0.1, 0.15) is 24.0 Å². The van der Waals surface area contributed by atoms with Crippen molar-refractivity contribution in [2.75, 3.05) is 13.1 Å². The molecule has 0 amide bonds. The normalized spacial score (nSPS) is 20.2. The van der Waals surface area contributed by atoms with Crippen LogP contribution in [-0.2, 0) is 11.2 Å². The number of halogens is 1. The van der Waals surface area contributed by atoms with E-state index in [9.17, 15) is 9.18 Å². The molecule has 0 spiro atoms. The van der Waals surface area contributed by atoms with E-state index >= 15 is 0 Å². The SMILES string of the molecule is Cc1ccc(F)cc1CC(=O)C1CCCNC1. The average molecular weight is 235 g/mol. The maximum atomic E-state index is 13.1. The highest BCUT2D eigenvalue weighted by Crippen LogP contribution is 2.17. The van der Waals surface area contributed by atoms with Gasteiger partial charge in [-0.15, -0.1) is 0 Å². The first-order chi connectivity index (χ1) is 8.16. The lowest BCUT2D eigenvalue weighted by molar-refractivity contribution is -0.122. The highest BCUT2D eigenvalue weighted by molar-refractivity contribution is 5.83. The van der Waals surface area contributed by atoms with Crippen molar-refractivity contribution in [3.05, 3.63) is 35.1 Å². The van der Waals surface area contributed by atoms with Crippen molar-refractivity contribution in [3.8, 4) is 0 Å². The van der Waals surface area contributed by atoms with Gasteiger partial charge in [-0.3, -0.25) is 4.79 Å². The molecule has 92 valence electrons. The minimum absolute atomic E-state index is 0.103. The van der Waals surface area contributed by atoms with E-state index in [1.54, 1.807) is 6.07 Å². The lowest BCUT2D eigenvalue weighted by Crippen LogP contribution is -2.35. The Labute approximate surface area is 101 Å². The molecule has 1 atom stereocenters. The van der Waals surface area contributed by atoms with Gasteiger partial charge in [-0.1, -0.05) is 6.07 Å². The number of carbonyl (C=O) groups is 1. The van der Waals surface area contributed by atoms with Crippen molar-refractivity contribution < 1.29 is 9.18 Å². The summed E-state index contributed by atoms with van der Waals surface area (Å²) in [5, 5.41) is 3.23. The summed E-state index contributed by atoms with van der Waals surface area (Å²) < 4.78 is 13.1. The summed E-state index contributed by atoms with van der Waals surface area (Å²) in [6.45, 7) is 3.69. The molecule has 0 radical (unpaired) electrons. The zero-order valence-electron chi connectivity index (χ0n) is 10.1. The Kier molecular flexibility index (Phi) is 3.89. The maximum Gasteiger partial charge on any atom is 0.141 e. The van der Waals surface area contributed by atoms with E-state index in [1.807, 2.05) is 6.92 Å². The topological polar surface area (TPSA) is 29.1 Å². The van der Waals surface area contributed by atoms with E-state index in [4.69, 9.17) is 0 Å². The van der Waals surface area contributed by atoms with E-state index in [0.29, 0.717) is 6.42 Å². The molecule has 1 unspecified atom stereocenters. The molecule has 2 nitrogen and oxygen atoms in total. The van der Waals surface area contributed by atoms with Gasteiger partial charge in [-0.25, -0.2) is 4.39 Å². The van der Waals surface area contributed by atoms with Gasteiger partial charge >= 0.3 is 0 Å². The van der Waals surface area contributed by atoms with Gasteiger partial charge in [0.15, 0.2) is 0 Å². The van der Waals surface area contributed by atoms with Gasteiger partial charge < -0.3 is 5.32 Å². The van der Waals surface area contributed by atoms with Crippen LogP contribution in [0.3, 0.4) is 0 Å². The Morgan fingerprint density at radius 2 is 2.35 bits per heavy atom. The second kappa shape index (κ2) is 5.41. The van der Waals surface area contributed by atoms with Gasteiger partial charge in [0, 0.05) is 18.9 Å². The molecule has 0 bridgehead atoms. The van der Waals surface area contributed by atoms with Crippen LogP contribution in [0.15, 0.2) is 18.2 Å². The summed E-state index contributed by atoms with van der Waals surface area (Å²) in [5.74, 6) is 0.0671. The lowest BCUT2D eigenvalue weighted by Gasteiger charge is -2.21. The highest BCUT2D eigenvalue weighted by Gasteiger charge is 2.21. The number of ketones is 1. The van der Waals surface area contributed by atoms with Crippen LogP contribution >= 0.6 is 0 Å². The summed E-state index contributed by atoms with van der Waals surface area (Å²) in [6.07, 6.45) is 2.37. The van der Waals surface area contributed by atoms with Gasteiger partial charge in [0.1, 0.15) is 11.6 Å². The first-order valence-corrected chi connectivity index (χ1v) is 6.15. The van der Waals surface area contributed by atoms with E-state index in [2.05, 4.69) is 5.32 Å². The Balaban J connectivity index is 2.04. The average Bonchev–Trinajstić information content (AvgIpc) is 2.35. The summed E-state index contributed by atoms with van der Waals surface area (Å²) in [5.41, 5.74) is 1.81. The van der Waals surface area contributed by atoms with E-state index in [-0.39, 0.29) is 17.5 Å². The second-order valence-corrected chi connectivity index (χ2v) is 4.76. The van der Waals surface area contributed by atoms with Crippen molar-refractivity contribution in [2.45, 2.75) is 26.2 Å². The van der Waals surface area contributed by atoms with Crippen LogP contribution in [0.2, 0.25) is 0 Å². The number of hydrogen-bond donors (Lipinski definition) is 1. The molecular weight excluding hydrogens is 217 g/mol. The summed E-state index contributed by atoms with van der Waals surface area (Å²) in [4.78, 5) is 12.1. The van der Waals surface area contributed by atoms with Gasteiger partial charge in [-0.2, -0.15) is 0 Å². The first-order valence-electron chi connectivity index (χ1n) is 6.15. The van der Waals surface area contributed by atoms with Crippen molar-refractivity contribution >= 4 is 5.78 Å². The van der Waals surface area contributed by atoms with Crippen LogP contribution in [-0.4, -0.2) is 18.9 Å². The molecule has 0 saturated carbocycles. The van der Waals surface area contributed by atoms with E-state index in [1.165, 1.54) is 12.1 Å². The van der Waals surface area contributed by atoms with Crippen LogP contribution in [0.4, 0.5) is 4.39 Å². The van der Waals surface area contributed by atoms with Crippen molar-refractivity contribution in [1.82, 2.24) is 5.32 Å². The van der Waals surface area contributed by atoms with E-state index < -0.39 is 0 Å². The third-order valence-electron chi connectivity index (χ3n) is 3.43. The minimum atomic E-state index is -0.264. The van der Waals surface area contributed by atoms with Gasteiger partial charge in [0.25, 0.3) is 0 Å². The molecule has 2 rings (SSSR count). The predicted octanol–water partition coefficient (Wildman–Crippen LogP) is 2.25. The Hall–Kier alpha value is -1.22. The Morgan fingerprint density at radius 1 is 1.53 bits per heavy atom. The largest absolute Gasteiger partial charge is 0.316 e. The monoisotopic (exact) mass is 235 g/mol. The van der Waals surface area contributed by atoms with E-state index in [0.717, 1.165) is 37.1 Å². The molecule has 1 fully saturated rings. The molecule has 0 aliphatic carbocycles.